The first-order valence-corrected chi connectivity index (χ1v) is 8.05. The maximum absolute atomic E-state index is 5.50. The number of aromatic nitrogens is 4. The number of thioether (sulfide) groups is 2. The van der Waals surface area contributed by atoms with Crippen LogP contribution in [0.3, 0.4) is 0 Å². The third kappa shape index (κ3) is 4.52. The van der Waals surface area contributed by atoms with Crippen molar-refractivity contribution >= 4 is 23.5 Å². The summed E-state index contributed by atoms with van der Waals surface area (Å²) in [6.45, 7) is 3.32. The van der Waals surface area contributed by atoms with Gasteiger partial charge in [-0.3, -0.25) is 0 Å². The Bertz CT molecular complexity index is 497. The monoisotopic (exact) mass is 295 g/mol. The summed E-state index contributed by atoms with van der Waals surface area (Å²) in [6, 6.07) is 8.58. The molecular weight excluding hydrogens is 278 g/mol. The lowest BCUT2D eigenvalue weighted by Crippen LogP contribution is -2.12. The van der Waals surface area contributed by atoms with E-state index in [4.69, 9.17) is 5.73 Å². The number of aryl methyl sites for hydroxylation is 1. The minimum atomic E-state index is 0.552. The lowest BCUT2D eigenvalue weighted by atomic mass is 10.2. The first-order valence-electron chi connectivity index (χ1n) is 6.08. The molecule has 0 aliphatic carbocycles. The van der Waals surface area contributed by atoms with Gasteiger partial charge in [-0.25, -0.2) is 4.68 Å². The van der Waals surface area contributed by atoms with Crippen molar-refractivity contribution in [1.29, 1.82) is 0 Å². The van der Waals surface area contributed by atoms with E-state index in [1.807, 2.05) is 11.8 Å². The number of tetrazole rings is 1. The highest BCUT2D eigenvalue weighted by molar-refractivity contribution is 8.02. The summed E-state index contributed by atoms with van der Waals surface area (Å²) in [7, 11) is 0. The van der Waals surface area contributed by atoms with E-state index >= 15 is 0 Å². The van der Waals surface area contributed by atoms with Crippen molar-refractivity contribution in [2.24, 2.45) is 5.73 Å². The number of rotatable bonds is 7. The van der Waals surface area contributed by atoms with Gasteiger partial charge in [-0.05, 0) is 29.5 Å². The van der Waals surface area contributed by atoms with Crippen molar-refractivity contribution in [3.8, 4) is 0 Å². The summed E-state index contributed by atoms with van der Waals surface area (Å²) < 4.78 is 1.75. The maximum atomic E-state index is 5.50. The molecule has 7 heteroatoms. The Balaban J connectivity index is 1.74. The Morgan fingerprint density at radius 1 is 1.16 bits per heavy atom. The van der Waals surface area contributed by atoms with Crippen LogP contribution in [0.2, 0.25) is 0 Å². The summed E-state index contributed by atoms with van der Waals surface area (Å²) in [5.41, 5.74) is 6.79. The number of hydrogen-bond acceptors (Lipinski definition) is 6. The number of hydrogen-bond donors (Lipinski definition) is 1. The molecule has 0 amide bonds. The van der Waals surface area contributed by atoms with Gasteiger partial charge < -0.3 is 5.73 Å². The molecule has 0 aliphatic heterocycles. The molecule has 0 radical (unpaired) electrons. The van der Waals surface area contributed by atoms with E-state index < -0.39 is 0 Å². The molecule has 1 aromatic heterocycles. The lowest BCUT2D eigenvalue weighted by molar-refractivity contribution is 0.557. The van der Waals surface area contributed by atoms with Crippen LogP contribution in [0.5, 0.6) is 0 Å². The van der Waals surface area contributed by atoms with Crippen molar-refractivity contribution in [2.45, 2.75) is 23.5 Å². The first-order chi connectivity index (χ1) is 9.29. The van der Waals surface area contributed by atoms with Crippen molar-refractivity contribution in [2.75, 3.05) is 18.1 Å². The molecule has 0 atom stereocenters. The van der Waals surface area contributed by atoms with Crippen molar-refractivity contribution in [3.63, 3.8) is 0 Å². The second-order valence-electron chi connectivity index (χ2n) is 3.98. The molecule has 1 aromatic carbocycles. The van der Waals surface area contributed by atoms with Crippen LogP contribution in [0.4, 0.5) is 0 Å². The van der Waals surface area contributed by atoms with Gasteiger partial charge in [0.1, 0.15) is 0 Å². The Labute approximate surface area is 121 Å². The van der Waals surface area contributed by atoms with E-state index in [0.29, 0.717) is 13.1 Å². The molecule has 0 spiro atoms. The second kappa shape index (κ2) is 7.52. The predicted molar refractivity (Wildman–Crippen MR) is 79.5 cm³/mol. The normalized spacial score (nSPS) is 10.8. The van der Waals surface area contributed by atoms with Crippen molar-refractivity contribution < 1.29 is 0 Å². The third-order valence-corrected chi connectivity index (χ3v) is 4.68. The first kappa shape index (κ1) is 14.4. The molecule has 0 aliphatic rings. The fourth-order valence-electron chi connectivity index (χ4n) is 1.49. The van der Waals surface area contributed by atoms with Gasteiger partial charge in [0.05, 0.1) is 6.54 Å². The van der Waals surface area contributed by atoms with Gasteiger partial charge in [-0.1, -0.05) is 29.5 Å². The predicted octanol–water partition coefficient (Wildman–Crippen LogP) is 1.82. The van der Waals surface area contributed by atoms with Crippen LogP contribution >= 0.6 is 23.5 Å². The summed E-state index contributed by atoms with van der Waals surface area (Å²) >= 11 is 3.51. The highest BCUT2D eigenvalue weighted by Crippen LogP contribution is 2.21. The average Bonchev–Trinajstić information content (AvgIpc) is 2.85. The highest BCUT2D eigenvalue weighted by atomic mass is 32.2. The van der Waals surface area contributed by atoms with E-state index in [-0.39, 0.29) is 0 Å². The van der Waals surface area contributed by atoms with Crippen LogP contribution in [0, 0.1) is 6.92 Å². The summed E-state index contributed by atoms with van der Waals surface area (Å²) in [5, 5.41) is 12.4. The van der Waals surface area contributed by atoms with Crippen LogP contribution < -0.4 is 5.73 Å². The average molecular weight is 295 g/mol. The fourth-order valence-corrected chi connectivity index (χ4v) is 3.27. The maximum Gasteiger partial charge on any atom is 0.209 e. The van der Waals surface area contributed by atoms with Crippen LogP contribution in [0.1, 0.15) is 5.56 Å². The molecule has 0 bridgehead atoms. The molecule has 19 heavy (non-hydrogen) atoms. The molecule has 2 rings (SSSR count). The summed E-state index contributed by atoms with van der Waals surface area (Å²) in [4.78, 5) is 1.30. The van der Waals surface area contributed by atoms with Gasteiger partial charge in [-0.15, -0.1) is 16.9 Å². The van der Waals surface area contributed by atoms with E-state index in [9.17, 15) is 0 Å². The second-order valence-corrected chi connectivity index (χ2v) is 6.21. The molecule has 1 heterocycles. The topological polar surface area (TPSA) is 69.6 Å². The number of nitrogens with two attached hydrogens (primary N) is 1. The largest absolute Gasteiger partial charge is 0.329 e. The van der Waals surface area contributed by atoms with Gasteiger partial charge in [-0.2, -0.15) is 0 Å². The standard InChI is InChI=1S/C12H17N5S2/c1-10-2-4-11(5-3-10)18-8-9-19-12-14-15-16-17(12)7-6-13/h2-5H,6-9,13H2,1H3. The molecule has 0 unspecified atom stereocenters. The Hall–Kier alpha value is -1.05. The molecule has 2 N–H and O–H groups in total. The molecular formula is C12H17N5S2. The number of benzene rings is 1. The minimum absolute atomic E-state index is 0.552. The van der Waals surface area contributed by atoms with Crippen LogP contribution in [0.25, 0.3) is 0 Å². The molecule has 2 aromatic rings. The van der Waals surface area contributed by atoms with Gasteiger partial charge in [0, 0.05) is 22.9 Å². The Morgan fingerprint density at radius 2 is 1.89 bits per heavy atom. The van der Waals surface area contributed by atoms with E-state index in [1.165, 1.54) is 10.5 Å². The van der Waals surface area contributed by atoms with Crippen molar-refractivity contribution in [3.05, 3.63) is 29.8 Å². The van der Waals surface area contributed by atoms with Crippen LogP contribution in [-0.2, 0) is 6.54 Å². The molecule has 102 valence electrons. The van der Waals surface area contributed by atoms with Crippen molar-refractivity contribution in [1.82, 2.24) is 20.2 Å². The summed E-state index contributed by atoms with van der Waals surface area (Å²) in [5.74, 6) is 2.01. The van der Waals surface area contributed by atoms with Crippen LogP contribution in [-0.4, -0.2) is 38.3 Å². The minimum Gasteiger partial charge on any atom is -0.329 e. The SMILES string of the molecule is Cc1ccc(SCCSc2nnnn2CCN)cc1. The molecule has 5 nitrogen and oxygen atoms in total. The molecule has 0 saturated carbocycles. The number of nitrogens with zero attached hydrogens (tertiary/aromatic N) is 4. The fraction of sp³-hybridized carbons (Fsp3) is 0.417. The van der Waals surface area contributed by atoms with Gasteiger partial charge in [0.15, 0.2) is 0 Å². The van der Waals surface area contributed by atoms with E-state index in [2.05, 4.69) is 46.7 Å². The molecule has 0 saturated heterocycles. The van der Waals surface area contributed by atoms with Gasteiger partial charge in [0.2, 0.25) is 5.16 Å². The smallest absolute Gasteiger partial charge is 0.209 e. The zero-order valence-electron chi connectivity index (χ0n) is 10.8. The Kier molecular flexibility index (Phi) is 5.68. The zero-order valence-corrected chi connectivity index (χ0v) is 12.5. The van der Waals surface area contributed by atoms with Gasteiger partial charge >= 0.3 is 0 Å². The highest BCUT2D eigenvalue weighted by Gasteiger charge is 2.05. The zero-order chi connectivity index (χ0) is 13.5. The lowest BCUT2D eigenvalue weighted by Gasteiger charge is -2.03. The van der Waals surface area contributed by atoms with Crippen LogP contribution in [0.15, 0.2) is 34.3 Å². The molecule has 0 fully saturated rings. The van der Waals surface area contributed by atoms with E-state index in [0.717, 1.165) is 16.7 Å². The Morgan fingerprint density at radius 3 is 2.63 bits per heavy atom. The van der Waals surface area contributed by atoms with Gasteiger partial charge in [0.25, 0.3) is 0 Å². The third-order valence-electron chi connectivity index (χ3n) is 2.44. The summed E-state index contributed by atoms with van der Waals surface area (Å²) in [6.07, 6.45) is 0. The quantitative estimate of drug-likeness (QED) is 0.621. The van der Waals surface area contributed by atoms with E-state index in [1.54, 1.807) is 16.4 Å².